The second kappa shape index (κ2) is 8.61. The van der Waals surface area contributed by atoms with E-state index in [2.05, 4.69) is 5.32 Å². The van der Waals surface area contributed by atoms with Gasteiger partial charge in [0.05, 0.1) is 17.6 Å². The topological polar surface area (TPSA) is 108 Å². The third-order valence-corrected chi connectivity index (χ3v) is 3.59. The molecule has 136 valence electrons. The highest BCUT2D eigenvalue weighted by atomic mass is 16.6. The van der Waals surface area contributed by atoms with Crippen molar-refractivity contribution in [2.75, 3.05) is 19.0 Å². The Balaban J connectivity index is 1.96. The third kappa shape index (κ3) is 4.79. The number of hydrogen-bond acceptors (Lipinski definition) is 6. The molecule has 0 saturated carbocycles. The minimum Gasteiger partial charge on any atom is -0.490 e. The Kier molecular flexibility index (Phi) is 6.26. The molecule has 2 rings (SSSR count). The van der Waals surface area contributed by atoms with Crippen LogP contribution >= 0.6 is 0 Å². The number of rotatable bonds is 7. The predicted octanol–water partition coefficient (Wildman–Crippen LogP) is 2.96. The molecule has 0 aromatic heterocycles. The number of benzene rings is 2. The highest BCUT2D eigenvalue weighted by Crippen LogP contribution is 2.27. The van der Waals surface area contributed by atoms with Crippen molar-refractivity contribution >= 4 is 23.3 Å². The lowest BCUT2D eigenvalue weighted by molar-refractivity contribution is -0.385. The van der Waals surface area contributed by atoms with E-state index in [4.69, 9.17) is 9.47 Å². The number of nitrogens with zero attached hydrogens (tertiary/aromatic N) is 1. The molecule has 0 spiro atoms. The molecule has 0 atom stereocenters. The molecule has 0 heterocycles. The molecular formula is C18H18N2O6. The molecule has 0 aliphatic rings. The highest BCUT2D eigenvalue weighted by Gasteiger charge is 2.19. The van der Waals surface area contributed by atoms with Crippen molar-refractivity contribution in [1.29, 1.82) is 0 Å². The number of nitro benzene ring substituents is 1. The van der Waals surface area contributed by atoms with Crippen molar-refractivity contribution in [2.24, 2.45) is 0 Å². The summed E-state index contributed by atoms with van der Waals surface area (Å²) in [5.41, 5.74) is 1.32. The van der Waals surface area contributed by atoms with Crippen molar-refractivity contribution in [1.82, 2.24) is 0 Å². The first-order valence-corrected chi connectivity index (χ1v) is 7.83. The number of carbonyl (C=O) groups is 2. The Morgan fingerprint density at radius 2 is 1.85 bits per heavy atom. The van der Waals surface area contributed by atoms with E-state index in [0.717, 1.165) is 18.1 Å². The number of esters is 1. The van der Waals surface area contributed by atoms with Crippen LogP contribution in [0.2, 0.25) is 0 Å². The molecular weight excluding hydrogens is 340 g/mol. The largest absolute Gasteiger partial charge is 0.490 e. The quantitative estimate of drug-likeness (QED) is 0.463. The highest BCUT2D eigenvalue weighted by molar-refractivity contribution is 5.95. The standard InChI is InChI=1S/C18H18N2O6/c1-3-12-4-7-14(8-5-12)19-17(21)11-26-18(22)13-6-9-16(25-2)15(10-13)20(23)24/h4-10H,3,11H2,1-2H3,(H,19,21). The Labute approximate surface area is 149 Å². The van der Waals surface area contributed by atoms with Crippen LogP contribution in [0.1, 0.15) is 22.8 Å². The summed E-state index contributed by atoms with van der Waals surface area (Å²) in [6, 6.07) is 11.0. The van der Waals surface area contributed by atoms with E-state index in [9.17, 15) is 19.7 Å². The van der Waals surface area contributed by atoms with Gasteiger partial charge in [-0.2, -0.15) is 0 Å². The van der Waals surface area contributed by atoms with Crippen LogP contribution in [0.25, 0.3) is 0 Å². The van der Waals surface area contributed by atoms with E-state index < -0.39 is 23.4 Å². The van der Waals surface area contributed by atoms with Crippen LogP contribution < -0.4 is 10.1 Å². The van der Waals surface area contributed by atoms with Gasteiger partial charge in [0.25, 0.3) is 5.91 Å². The molecule has 1 amide bonds. The van der Waals surface area contributed by atoms with Crippen LogP contribution in [0, 0.1) is 10.1 Å². The van der Waals surface area contributed by atoms with E-state index in [1.54, 1.807) is 12.1 Å². The maximum absolute atomic E-state index is 12.0. The molecule has 0 fully saturated rings. The van der Waals surface area contributed by atoms with E-state index in [1.807, 2.05) is 19.1 Å². The Morgan fingerprint density at radius 1 is 1.15 bits per heavy atom. The zero-order valence-electron chi connectivity index (χ0n) is 14.4. The Bertz CT molecular complexity index is 817. The summed E-state index contributed by atoms with van der Waals surface area (Å²) in [6.45, 7) is 1.52. The maximum Gasteiger partial charge on any atom is 0.338 e. The van der Waals surface area contributed by atoms with Gasteiger partial charge >= 0.3 is 11.7 Å². The van der Waals surface area contributed by atoms with Gasteiger partial charge in [0, 0.05) is 11.8 Å². The molecule has 1 N–H and O–H groups in total. The van der Waals surface area contributed by atoms with Crippen LogP contribution in [-0.4, -0.2) is 30.5 Å². The van der Waals surface area contributed by atoms with Crippen molar-refractivity contribution in [3.8, 4) is 5.75 Å². The maximum atomic E-state index is 12.0. The fraction of sp³-hybridized carbons (Fsp3) is 0.222. The molecule has 0 aliphatic heterocycles. The minimum absolute atomic E-state index is 0.0276. The van der Waals surface area contributed by atoms with Crippen LogP contribution in [0.3, 0.4) is 0 Å². The van der Waals surface area contributed by atoms with Gasteiger partial charge in [-0.25, -0.2) is 4.79 Å². The molecule has 0 bridgehead atoms. The molecule has 0 saturated heterocycles. The summed E-state index contributed by atoms with van der Waals surface area (Å²) >= 11 is 0. The van der Waals surface area contributed by atoms with Crippen molar-refractivity contribution in [3.63, 3.8) is 0 Å². The summed E-state index contributed by atoms with van der Waals surface area (Å²) in [4.78, 5) is 34.2. The van der Waals surface area contributed by atoms with Gasteiger partial charge < -0.3 is 14.8 Å². The van der Waals surface area contributed by atoms with Crippen molar-refractivity contribution < 1.29 is 24.0 Å². The predicted molar refractivity (Wildman–Crippen MR) is 94.4 cm³/mol. The van der Waals surface area contributed by atoms with Gasteiger partial charge in [0.2, 0.25) is 0 Å². The molecule has 2 aromatic rings. The van der Waals surface area contributed by atoms with Gasteiger partial charge in [0.1, 0.15) is 0 Å². The van der Waals surface area contributed by atoms with Gasteiger partial charge in [0.15, 0.2) is 12.4 Å². The van der Waals surface area contributed by atoms with Crippen LogP contribution in [0.15, 0.2) is 42.5 Å². The van der Waals surface area contributed by atoms with E-state index >= 15 is 0 Å². The fourth-order valence-electron chi connectivity index (χ4n) is 2.19. The molecule has 0 radical (unpaired) electrons. The van der Waals surface area contributed by atoms with E-state index in [-0.39, 0.29) is 17.0 Å². The van der Waals surface area contributed by atoms with Crippen LogP contribution in [0.4, 0.5) is 11.4 Å². The number of aryl methyl sites for hydroxylation is 1. The number of hydrogen-bond donors (Lipinski definition) is 1. The first kappa shape index (κ1) is 18.9. The zero-order valence-corrected chi connectivity index (χ0v) is 14.4. The number of ether oxygens (including phenoxy) is 2. The third-order valence-electron chi connectivity index (χ3n) is 3.59. The second-order valence-electron chi connectivity index (χ2n) is 5.32. The number of nitro groups is 1. The average Bonchev–Trinajstić information content (AvgIpc) is 2.66. The average molecular weight is 358 g/mol. The van der Waals surface area contributed by atoms with E-state index in [0.29, 0.717) is 5.69 Å². The molecule has 26 heavy (non-hydrogen) atoms. The summed E-state index contributed by atoms with van der Waals surface area (Å²) in [5, 5.41) is 13.6. The van der Waals surface area contributed by atoms with E-state index in [1.165, 1.54) is 19.2 Å². The van der Waals surface area contributed by atoms with Gasteiger partial charge in [-0.1, -0.05) is 19.1 Å². The number of anilines is 1. The SMILES string of the molecule is CCc1ccc(NC(=O)COC(=O)c2ccc(OC)c([N+](=O)[O-])c2)cc1. The lowest BCUT2D eigenvalue weighted by Gasteiger charge is -2.08. The lowest BCUT2D eigenvalue weighted by Crippen LogP contribution is -2.21. The number of nitrogens with one attached hydrogen (secondary N) is 1. The molecule has 0 unspecified atom stereocenters. The molecule has 0 aliphatic carbocycles. The second-order valence-corrected chi connectivity index (χ2v) is 5.32. The Hall–Kier alpha value is -3.42. The van der Waals surface area contributed by atoms with Gasteiger partial charge in [-0.05, 0) is 36.2 Å². The molecule has 8 heteroatoms. The van der Waals surface area contributed by atoms with Crippen molar-refractivity contribution in [2.45, 2.75) is 13.3 Å². The Morgan fingerprint density at radius 3 is 2.42 bits per heavy atom. The minimum atomic E-state index is -0.841. The van der Waals surface area contributed by atoms with Gasteiger partial charge in [-0.3, -0.25) is 14.9 Å². The van der Waals surface area contributed by atoms with Crippen LogP contribution in [-0.2, 0) is 16.0 Å². The molecule has 2 aromatic carbocycles. The summed E-state index contributed by atoms with van der Waals surface area (Å²) in [5.74, 6) is -1.32. The monoisotopic (exact) mass is 358 g/mol. The first-order chi connectivity index (χ1) is 12.4. The number of carbonyl (C=O) groups excluding carboxylic acids is 2. The number of amides is 1. The smallest absolute Gasteiger partial charge is 0.338 e. The summed E-state index contributed by atoms with van der Waals surface area (Å²) in [6.07, 6.45) is 0.889. The normalized spacial score (nSPS) is 10.1. The molecule has 8 nitrogen and oxygen atoms in total. The summed E-state index contributed by atoms with van der Waals surface area (Å²) in [7, 11) is 1.29. The van der Waals surface area contributed by atoms with Crippen LogP contribution in [0.5, 0.6) is 5.75 Å². The first-order valence-electron chi connectivity index (χ1n) is 7.83. The lowest BCUT2D eigenvalue weighted by atomic mass is 10.1. The fourth-order valence-corrected chi connectivity index (χ4v) is 2.19. The number of methoxy groups -OCH3 is 1. The van der Waals surface area contributed by atoms with Gasteiger partial charge in [-0.15, -0.1) is 0 Å². The summed E-state index contributed by atoms with van der Waals surface area (Å²) < 4.78 is 9.77. The van der Waals surface area contributed by atoms with Crippen molar-refractivity contribution in [3.05, 3.63) is 63.7 Å². The zero-order chi connectivity index (χ0) is 19.1.